The number of hydrogen-bond donors (Lipinski definition) is 0. The van der Waals surface area contributed by atoms with E-state index in [0.717, 1.165) is 32.4 Å². The number of Topliss-reactive ketones (excluding diaryl/α,β-unsaturated/α-hetero) is 2. The number of fused-ring (bicyclic) bond motifs is 1. The molecule has 0 spiro atoms. The molecular formula is C23H18N2O2S. The SMILES string of the molecule is Cc1sc(-n2c(C)cc(C=C3C(=O)c4ccccc4C3=O)c2C)c(C#N)c1C. The molecule has 0 unspecified atom stereocenters. The van der Waals surface area contributed by atoms with Gasteiger partial charge in [0.2, 0.25) is 0 Å². The third-order valence-corrected chi connectivity index (χ3v) is 6.55. The predicted octanol–water partition coefficient (Wildman–Crippen LogP) is 5.11. The van der Waals surface area contributed by atoms with Crippen molar-refractivity contribution in [1.82, 2.24) is 4.57 Å². The van der Waals surface area contributed by atoms with E-state index in [1.807, 2.05) is 38.3 Å². The van der Waals surface area contributed by atoms with Crippen molar-refractivity contribution >= 4 is 29.0 Å². The second-order valence-corrected chi connectivity index (χ2v) is 8.20. The van der Waals surface area contributed by atoms with E-state index >= 15 is 0 Å². The zero-order valence-corrected chi connectivity index (χ0v) is 16.9. The van der Waals surface area contributed by atoms with E-state index in [1.54, 1.807) is 41.7 Å². The molecule has 0 bridgehead atoms. The largest absolute Gasteiger partial charge is 0.308 e. The molecule has 0 N–H and O–H groups in total. The van der Waals surface area contributed by atoms with Gasteiger partial charge in [0.15, 0.2) is 11.6 Å². The minimum atomic E-state index is -0.231. The molecule has 0 amide bonds. The highest BCUT2D eigenvalue weighted by atomic mass is 32.1. The first-order chi connectivity index (χ1) is 13.3. The van der Waals surface area contributed by atoms with Gasteiger partial charge in [-0.25, -0.2) is 0 Å². The van der Waals surface area contributed by atoms with Gasteiger partial charge >= 0.3 is 0 Å². The van der Waals surface area contributed by atoms with Crippen LogP contribution in [0.1, 0.15) is 53.7 Å². The first-order valence-electron chi connectivity index (χ1n) is 8.94. The van der Waals surface area contributed by atoms with Gasteiger partial charge in [0.05, 0.1) is 11.1 Å². The lowest BCUT2D eigenvalue weighted by Crippen LogP contribution is -2.01. The van der Waals surface area contributed by atoms with Crippen molar-refractivity contribution < 1.29 is 9.59 Å². The maximum absolute atomic E-state index is 12.7. The zero-order valence-electron chi connectivity index (χ0n) is 16.1. The maximum Gasteiger partial charge on any atom is 0.197 e. The lowest BCUT2D eigenvalue weighted by Gasteiger charge is -2.07. The van der Waals surface area contributed by atoms with Crippen LogP contribution in [-0.4, -0.2) is 16.1 Å². The highest BCUT2D eigenvalue weighted by Crippen LogP contribution is 2.35. The van der Waals surface area contributed by atoms with Crippen molar-refractivity contribution in [3.8, 4) is 11.1 Å². The van der Waals surface area contributed by atoms with Gasteiger partial charge in [-0.2, -0.15) is 5.26 Å². The Morgan fingerprint density at radius 3 is 2.21 bits per heavy atom. The van der Waals surface area contributed by atoms with Gasteiger partial charge < -0.3 is 4.57 Å². The molecule has 0 saturated carbocycles. The van der Waals surface area contributed by atoms with Gasteiger partial charge in [-0.05, 0) is 51.0 Å². The van der Waals surface area contributed by atoms with Crippen LogP contribution in [0.4, 0.5) is 0 Å². The van der Waals surface area contributed by atoms with Crippen LogP contribution < -0.4 is 0 Å². The third kappa shape index (κ3) is 2.49. The summed E-state index contributed by atoms with van der Waals surface area (Å²) in [6.07, 6.45) is 1.68. The second-order valence-electron chi connectivity index (χ2n) is 7.00. The number of nitriles is 1. The minimum Gasteiger partial charge on any atom is -0.308 e. The number of benzene rings is 1. The molecule has 1 aromatic carbocycles. The molecule has 0 aliphatic heterocycles. The smallest absolute Gasteiger partial charge is 0.197 e. The number of thiophene rings is 1. The number of aryl methyl sites for hydroxylation is 2. The van der Waals surface area contributed by atoms with Gasteiger partial charge in [-0.3, -0.25) is 9.59 Å². The van der Waals surface area contributed by atoms with Gasteiger partial charge in [-0.1, -0.05) is 24.3 Å². The van der Waals surface area contributed by atoms with Gasteiger partial charge in [0.1, 0.15) is 11.1 Å². The molecule has 0 fully saturated rings. The number of hydrogen-bond acceptors (Lipinski definition) is 4. The van der Waals surface area contributed by atoms with Crippen molar-refractivity contribution in [3.63, 3.8) is 0 Å². The molecule has 0 saturated heterocycles. The lowest BCUT2D eigenvalue weighted by atomic mass is 10.1. The Labute approximate surface area is 167 Å². The summed E-state index contributed by atoms with van der Waals surface area (Å²) in [5, 5.41) is 10.5. The first-order valence-corrected chi connectivity index (χ1v) is 9.76. The molecule has 2 aromatic heterocycles. The predicted molar refractivity (Wildman–Crippen MR) is 110 cm³/mol. The molecule has 0 atom stereocenters. The first kappa shape index (κ1) is 18.1. The number of carbonyl (C=O) groups is 2. The molecule has 2 heterocycles. The third-order valence-electron chi connectivity index (χ3n) is 5.36. The summed E-state index contributed by atoms with van der Waals surface area (Å²) in [4.78, 5) is 26.5. The van der Waals surface area contributed by atoms with Crippen molar-refractivity contribution in [2.24, 2.45) is 0 Å². The average molecular weight is 386 g/mol. The van der Waals surface area contributed by atoms with Crippen molar-refractivity contribution in [1.29, 1.82) is 5.26 Å². The highest BCUT2D eigenvalue weighted by Gasteiger charge is 2.33. The Hall–Kier alpha value is -3.23. The number of carbonyl (C=O) groups excluding carboxylic acids is 2. The fraction of sp³-hybridized carbons (Fsp3) is 0.174. The van der Waals surface area contributed by atoms with Crippen LogP contribution >= 0.6 is 11.3 Å². The molecular weight excluding hydrogens is 368 g/mol. The van der Waals surface area contributed by atoms with Crippen LogP contribution in [0.5, 0.6) is 0 Å². The average Bonchev–Trinajstić information content (AvgIpc) is 3.21. The molecule has 1 aliphatic rings. The molecule has 28 heavy (non-hydrogen) atoms. The summed E-state index contributed by atoms with van der Waals surface area (Å²) >= 11 is 1.58. The van der Waals surface area contributed by atoms with Gasteiger partial charge in [0.25, 0.3) is 0 Å². The standard InChI is InChI=1S/C23H18N2O2S/c1-12-9-16(10-19-21(26)17-7-5-6-8-18(17)22(19)27)14(3)25(12)23-20(11-24)13(2)15(4)28-23/h5-10H,1-4H3. The molecule has 3 aromatic rings. The fourth-order valence-electron chi connectivity index (χ4n) is 3.70. The Morgan fingerprint density at radius 2 is 1.64 bits per heavy atom. The van der Waals surface area contributed by atoms with Crippen LogP contribution in [0.15, 0.2) is 35.9 Å². The molecule has 4 nitrogen and oxygen atoms in total. The summed E-state index contributed by atoms with van der Waals surface area (Å²) in [6, 6.07) is 11.2. The van der Waals surface area contributed by atoms with Crippen LogP contribution in [0, 0.1) is 39.0 Å². The summed E-state index contributed by atoms with van der Waals surface area (Å²) in [7, 11) is 0. The Kier molecular flexibility index (Phi) is 4.17. The minimum absolute atomic E-state index is 0.195. The van der Waals surface area contributed by atoms with Gasteiger partial charge in [0, 0.05) is 27.4 Å². The number of nitrogens with zero attached hydrogens (tertiary/aromatic N) is 2. The summed E-state index contributed by atoms with van der Waals surface area (Å²) < 4.78 is 2.03. The summed E-state index contributed by atoms with van der Waals surface area (Å²) in [5.41, 5.74) is 5.45. The Morgan fingerprint density at radius 1 is 1.04 bits per heavy atom. The molecule has 0 radical (unpaired) electrons. The van der Waals surface area contributed by atoms with Crippen LogP contribution in [-0.2, 0) is 0 Å². The van der Waals surface area contributed by atoms with E-state index in [-0.39, 0.29) is 17.1 Å². The van der Waals surface area contributed by atoms with E-state index in [4.69, 9.17) is 0 Å². The Bertz CT molecular complexity index is 1210. The summed E-state index contributed by atoms with van der Waals surface area (Å²) in [5.74, 6) is -0.461. The normalized spacial score (nSPS) is 13.0. The van der Waals surface area contributed by atoms with E-state index in [1.165, 1.54) is 0 Å². The quantitative estimate of drug-likeness (QED) is 0.454. The highest BCUT2D eigenvalue weighted by molar-refractivity contribution is 7.14. The number of aromatic nitrogens is 1. The van der Waals surface area contributed by atoms with E-state index in [0.29, 0.717) is 16.7 Å². The number of rotatable bonds is 2. The molecule has 5 heteroatoms. The van der Waals surface area contributed by atoms with Crippen molar-refractivity contribution in [2.45, 2.75) is 27.7 Å². The van der Waals surface area contributed by atoms with Crippen molar-refractivity contribution in [2.75, 3.05) is 0 Å². The lowest BCUT2D eigenvalue weighted by molar-refractivity contribution is 0.0990. The molecule has 4 rings (SSSR count). The van der Waals surface area contributed by atoms with Crippen LogP contribution in [0.2, 0.25) is 0 Å². The number of ketones is 2. The molecule has 1 aliphatic carbocycles. The van der Waals surface area contributed by atoms with Crippen LogP contribution in [0.25, 0.3) is 11.1 Å². The maximum atomic E-state index is 12.7. The summed E-state index contributed by atoms with van der Waals surface area (Å²) in [6.45, 7) is 7.88. The van der Waals surface area contributed by atoms with Gasteiger partial charge in [-0.15, -0.1) is 11.3 Å². The Balaban J connectivity index is 1.86. The topological polar surface area (TPSA) is 62.9 Å². The monoisotopic (exact) mass is 386 g/mol. The van der Waals surface area contributed by atoms with E-state index in [2.05, 4.69) is 6.07 Å². The van der Waals surface area contributed by atoms with E-state index < -0.39 is 0 Å². The van der Waals surface area contributed by atoms with Crippen molar-refractivity contribution in [3.05, 3.63) is 80.0 Å². The van der Waals surface area contributed by atoms with Crippen LogP contribution in [0.3, 0.4) is 0 Å². The fourth-order valence-corrected chi connectivity index (χ4v) is 4.92. The van der Waals surface area contributed by atoms with E-state index in [9.17, 15) is 14.9 Å². The second kappa shape index (κ2) is 6.43. The zero-order chi connectivity index (χ0) is 20.2. The number of allylic oxidation sites excluding steroid dienone is 1. The molecule has 138 valence electrons.